The highest BCUT2D eigenvalue weighted by molar-refractivity contribution is 6.05. The third-order valence-electron chi connectivity index (χ3n) is 4.41. The van der Waals surface area contributed by atoms with Gasteiger partial charge in [0.25, 0.3) is 0 Å². The van der Waals surface area contributed by atoms with Crippen molar-refractivity contribution in [2.24, 2.45) is 0 Å². The zero-order valence-electron chi connectivity index (χ0n) is 14.6. The quantitative estimate of drug-likeness (QED) is 0.508. The topological polar surface area (TPSA) is 52.6 Å². The molecule has 1 aliphatic heterocycles. The van der Waals surface area contributed by atoms with Crippen molar-refractivity contribution in [1.82, 2.24) is 0 Å². The molecule has 0 radical (unpaired) electrons. The molecule has 0 N–H and O–H groups in total. The summed E-state index contributed by atoms with van der Waals surface area (Å²) in [6.45, 7) is 0. The molecule has 0 aromatic heterocycles. The van der Waals surface area contributed by atoms with Gasteiger partial charge < -0.3 is 9.47 Å². The van der Waals surface area contributed by atoms with Crippen LogP contribution < -0.4 is 0 Å². The SMILES string of the molecule is COC(=O)c1ccc(/C=C2/C=C(c3ccc4ccccc4c3)OC2=O)cc1. The third kappa shape index (κ3) is 3.37. The average Bonchev–Trinajstić information content (AvgIpc) is 3.08. The van der Waals surface area contributed by atoms with Crippen LogP contribution in [0.1, 0.15) is 21.5 Å². The molecule has 0 saturated carbocycles. The van der Waals surface area contributed by atoms with Crippen LogP contribution in [0.15, 0.2) is 78.4 Å². The number of carbonyl (C=O) groups excluding carboxylic acids is 2. The summed E-state index contributed by atoms with van der Waals surface area (Å²) in [4.78, 5) is 23.7. The highest BCUT2D eigenvalue weighted by atomic mass is 16.5. The van der Waals surface area contributed by atoms with Gasteiger partial charge in [-0.15, -0.1) is 0 Å². The van der Waals surface area contributed by atoms with Crippen molar-refractivity contribution in [2.45, 2.75) is 0 Å². The Morgan fingerprint density at radius 1 is 0.963 bits per heavy atom. The molecule has 3 aromatic carbocycles. The zero-order valence-corrected chi connectivity index (χ0v) is 14.6. The standard InChI is InChI=1S/C23H16O4/c1-26-22(24)17-8-6-15(7-9-17)12-20-14-21(27-23(20)25)19-11-10-16-4-2-3-5-18(16)13-19/h2-14H,1H3/b20-12-. The summed E-state index contributed by atoms with van der Waals surface area (Å²) >= 11 is 0. The zero-order chi connectivity index (χ0) is 18.8. The first-order valence-corrected chi connectivity index (χ1v) is 8.47. The molecule has 0 fully saturated rings. The van der Waals surface area contributed by atoms with Crippen LogP contribution in [0.5, 0.6) is 0 Å². The van der Waals surface area contributed by atoms with E-state index in [9.17, 15) is 9.59 Å². The lowest BCUT2D eigenvalue weighted by Gasteiger charge is -2.04. The van der Waals surface area contributed by atoms with Crippen LogP contribution in [-0.4, -0.2) is 19.0 Å². The maximum absolute atomic E-state index is 12.2. The van der Waals surface area contributed by atoms with Gasteiger partial charge >= 0.3 is 11.9 Å². The molecule has 0 unspecified atom stereocenters. The van der Waals surface area contributed by atoms with E-state index in [-0.39, 0.29) is 0 Å². The maximum Gasteiger partial charge on any atom is 0.343 e. The van der Waals surface area contributed by atoms with Crippen LogP contribution in [-0.2, 0) is 14.3 Å². The highest BCUT2D eigenvalue weighted by Crippen LogP contribution is 2.29. The molecule has 132 valence electrons. The number of methoxy groups -OCH3 is 1. The molecule has 1 aliphatic rings. The molecule has 0 bridgehead atoms. The number of hydrogen-bond acceptors (Lipinski definition) is 4. The van der Waals surface area contributed by atoms with Crippen LogP contribution in [0.25, 0.3) is 22.6 Å². The van der Waals surface area contributed by atoms with E-state index >= 15 is 0 Å². The fourth-order valence-corrected chi connectivity index (χ4v) is 2.99. The number of hydrogen-bond donors (Lipinski definition) is 0. The molecule has 4 heteroatoms. The van der Waals surface area contributed by atoms with E-state index in [1.807, 2.05) is 42.5 Å². The van der Waals surface area contributed by atoms with Gasteiger partial charge in [0.2, 0.25) is 0 Å². The number of fused-ring (bicyclic) bond motifs is 1. The Morgan fingerprint density at radius 2 is 1.70 bits per heavy atom. The van der Waals surface area contributed by atoms with Crippen molar-refractivity contribution in [3.8, 4) is 0 Å². The lowest BCUT2D eigenvalue weighted by atomic mass is 10.0. The molecular formula is C23H16O4. The van der Waals surface area contributed by atoms with Gasteiger partial charge in [-0.1, -0.05) is 48.5 Å². The maximum atomic E-state index is 12.2. The minimum atomic E-state index is -0.395. The fraction of sp³-hybridized carbons (Fsp3) is 0.0435. The van der Waals surface area contributed by atoms with Crippen molar-refractivity contribution in [1.29, 1.82) is 0 Å². The molecule has 4 rings (SSSR count). The first-order valence-electron chi connectivity index (χ1n) is 8.47. The van der Waals surface area contributed by atoms with Crippen molar-refractivity contribution in [3.05, 3.63) is 95.1 Å². The summed E-state index contributed by atoms with van der Waals surface area (Å²) in [5.74, 6) is -0.258. The summed E-state index contributed by atoms with van der Waals surface area (Å²) in [6.07, 6.45) is 3.47. The predicted molar refractivity (Wildman–Crippen MR) is 104 cm³/mol. The lowest BCUT2D eigenvalue weighted by molar-refractivity contribution is -0.130. The normalized spacial score (nSPS) is 14.9. The Labute approximate surface area is 156 Å². The van der Waals surface area contributed by atoms with Crippen LogP contribution in [0.3, 0.4) is 0 Å². The predicted octanol–water partition coefficient (Wildman–Crippen LogP) is 4.61. The minimum Gasteiger partial charge on any atom is -0.465 e. The number of esters is 2. The van der Waals surface area contributed by atoms with Crippen LogP contribution in [0.4, 0.5) is 0 Å². The van der Waals surface area contributed by atoms with E-state index in [2.05, 4.69) is 4.74 Å². The summed E-state index contributed by atoms with van der Waals surface area (Å²) in [5, 5.41) is 2.22. The fourth-order valence-electron chi connectivity index (χ4n) is 2.99. The number of carbonyl (C=O) groups is 2. The van der Waals surface area contributed by atoms with Gasteiger partial charge in [-0.05, 0) is 46.7 Å². The molecule has 0 aliphatic carbocycles. The second-order valence-electron chi connectivity index (χ2n) is 6.17. The molecule has 0 amide bonds. The summed E-state index contributed by atoms with van der Waals surface area (Å²) in [7, 11) is 1.34. The number of ether oxygens (including phenoxy) is 2. The van der Waals surface area contributed by atoms with Gasteiger partial charge in [-0.3, -0.25) is 0 Å². The summed E-state index contributed by atoms with van der Waals surface area (Å²) < 4.78 is 10.1. The van der Waals surface area contributed by atoms with Gasteiger partial charge in [0.05, 0.1) is 18.2 Å². The average molecular weight is 356 g/mol. The van der Waals surface area contributed by atoms with Gasteiger partial charge in [0.1, 0.15) is 5.76 Å². The molecule has 0 spiro atoms. The van der Waals surface area contributed by atoms with Gasteiger partial charge in [-0.25, -0.2) is 9.59 Å². The van der Waals surface area contributed by atoms with E-state index in [0.717, 1.165) is 21.9 Å². The second kappa shape index (κ2) is 6.92. The van der Waals surface area contributed by atoms with Crippen molar-refractivity contribution < 1.29 is 19.1 Å². The number of rotatable bonds is 3. The van der Waals surface area contributed by atoms with Crippen LogP contribution >= 0.6 is 0 Å². The Kier molecular flexibility index (Phi) is 4.30. The largest absolute Gasteiger partial charge is 0.465 e. The van der Waals surface area contributed by atoms with E-state index < -0.39 is 11.9 Å². The smallest absolute Gasteiger partial charge is 0.343 e. The summed E-state index contributed by atoms with van der Waals surface area (Å²) in [5.41, 5.74) is 2.57. The van der Waals surface area contributed by atoms with E-state index in [0.29, 0.717) is 16.9 Å². The molecule has 27 heavy (non-hydrogen) atoms. The van der Waals surface area contributed by atoms with Crippen molar-refractivity contribution in [3.63, 3.8) is 0 Å². The highest BCUT2D eigenvalue weighted by Gasteiger charge is 2.22. The lowest BCUT2D eigenvalue weighted by Crippen LogP contribution is -2.00. The molecule has 3 aromatic rings. The molecule has 0 saturated heterocycles. The molecule has 4 nitrogen and oxygen atoms in total. The first-order chi connectivity index (χ1) is 13.1. The monoisotopic (exact) mass is 356 g/mol. The Hall–Kier alpha value is -3.66. The van der Waals surface area contributed by atoms with Crippen molar-refractivity contribution in [2.75, 3.05) is 7.11 Å². The van der Waals surface area contributed by atoms with Crippen molar-refractivity contribution >= 4 is 34.5 Å². The Bertz CT molecular complexity index is 1100. The number of benzene rings is 3. The summed E-state index contributed by atoms with van der Waals surface area (Å²) in [6, 6.07) is 20.8. The van der Waals surface area contributed by atoms with Crippen LogP contribution in [0, 0.1) is 0 Å². The molecule has 0 atom stereocenters. The minimum absolute atomic E-state index is 0.393. The first kappa shape index (κ1) is 16.8. The van der Waals surface area contributed by atoms with E-state index in [4.69, 9.17) is 4.74 Å². The Morgan fingerprint density at radius 3 is 2.44 bits per heavy atom. The second-order valence-corrected chi connectivity index (χ2v) is 6.17. The van der Waals surface area contributed by atoms with E-state index in [1.54, 1.807) is 36.4 Å². The van der Waals surface area contributed by atoms with Gasteiger partial charge in [0, 0.05) is 5.56 Å². The van der Waals surface area contributed by atoms with Crippen LogP contribution in [0.2, 0.25) is 0 Å². The van der Waals surface area contributed by atoms with Gasteiger partial charge in [0.15, 0.2) is 0 Å². The molecule has 1 heterocycles. The van der Waals surface area contributed by atoms with E-state index in [1.165, 1.54) is 7.11 Å². The third-order valence-corrected chi connectivity index (χ3v) is 4.41. The molecular weight excluding hydrogens is 340 g/mol. The number of cyclic esters (lactones) is 1. The Balaban J connectivity index is 1.63. The van der Waals surface area contributed by atoms with Gasteiger partial charge in [-0.2, -0.15) is 0 Å².